The molecule has 0 atom stereocenters. The fourth-order valence-electron chi connectivity index (χ4n) is 3.00. The minimum absolute atomic E-state index is 0.0317. The molecule has 138 valence electrons. The number of ether oxygens (including phenoxy) is 1. The Balaban J connectivity index is 1.74. The molecule has 1 aliphatic heterocycles. The molecule has 0 radical (unpaired) electrons. The van der Waals surface area contributed by atoms with Crippen LogP contribution in [0.15, 0.2) is 36.5 Å². The second-order valence-corrected chi connectivity index (χ2v) is 6.56. The number of likely N-dealkylation sites (N-methyl/N-ethyl adjacent to an activating group) is 1. The molecule has 1 N–H and O–H groups in total. The van der Waals surface area contributed by atoms with Gasteiger partial charge in [0.25, 0.3) is 5.91 Å². The quantitative estimate of drug-likeness (QED) is 0.870. The number of halogens is 1. The van der Waals surface area contributed by atoms with Gasteiger partial charge in [-0.25, -0.2) is 4.98 Å². The van der Waals surface area contributed by atoms with Crippen LogP contribution in [0.2, 0.25) is 5.02 Å². The van der Waals surface area contributed by atoms with E-state index in [1.54, 1.807) is 43.6 Å². The van der Waals surface area contributed by atoms with Gasteiger partial charge in [-0.1, -0.05) is 18.5 Å². The number of carbonyl (C=O) groups excluding carboxylic acids is 1. The van der Waals surface area contributed by atoms with Crippen molar-refractivity contribution in [2.75, 3.05) is 45.2 Å². The average Bonchev–Trinajstić information content (AvgIpc) is 2.68. The molecule has 0 spiro atoms. The standard InChI is InChI=1S/C19H23ClN4O2/c1-3-23-8-10-24(11-9-23)19(25)14-6-7-21-18(12-14)22-16-13-15(20)4-5-17(16)26-2/h4-7,12-13H,3,8-11H2,1-2H3,(H,21,22). The predicted octanol–water partition coefficient (Wildman–Crippen LogP) is 3.26. The van der Waals surface area contributed by atoms with Crippen molar-refractivity contribution < 1.29 is 9.53 Å². The van der Waals surface area contributed by atoms with Crippen LogP contribution in [-0.2, 0) is 0 Å². The molecule has 26 heavy (non-hydrogen) atoms. The second kappa shape index (κ2) is 8.38. The summed E-state index contributed by atoms with van der Waals surface area (Å²) in [6.07, 6.45) is 1.63. The van der Waals surface area contributed by atoms with Gasteiger partial charge in [0.15, 0.2) is 0 Å². The predicted molar refractivity (Wildman–Crippen MR) is 104 cm³/mol. The van der Waals surface area contributed by atoms with E-state index in [1.807, 2.05) is 4.90 Å². The van der Waals surface area contributed by atoms with E-state index in [2.05, 4.69) is 22.1 Å². The summed E-state index contributed by atoms with van der Waals surface area (Å²) in [7, 11) is 1.59. The highest BCUT2D eigenvalue weighted by atomic mass is 35.5. The number of rotatable bonds is 5. The molecule has 0 saturated carbocycles. The van der Waals surface area contributed by atoms with Crippen LogP contribution in [0.1, 0.15) is 17.3 Å². The smallest absolute Gasteiger partial charge is 0.254 e. The zero-order valence-corrected chi connectivity index (χ0v) is 15.8. The largest absolute Gasteiger partial charge is 0.495 e. The van der Waals surface area contributed by atoms with Crippen molar-refractivity contribution >= 4 is 29.0 Å². The van der Waals surface area contributed by atoms with E-state index in [9.17, 15) is 4.79 Å². The van der Waals surface area contributed by atoms with Crippen molar-refractivity contribution in [2.24, 2.45) is 0 Å². The van der Waals surface area contributed by atoms with Gasteiger partial charge in [0, 0.05) is 43.0 Å². The maximum Gasteiger partial charge on any atom is 0.254 e. The molecule has 1 amide bonds. The van der Waals surface area contributed by atoms with Crippen molar-refractivity contribution in [3.05, 3.63) is 47.1 Å². The first-order valence-corrected chi connectivity index (χ1v) is 9.06. The van der Waals surface area contributed by atoms with Gasteiger partial charge in [0.2, 0.25) is 0 Å². The van der Waals surface area contributed by atoms with Crippen LogP contribution in [0.25, 0.3) is 0 Å². The molecule has 1 fully saturated rings. The van der Waals surface area contributed by atoms with Crippen LogP contribution in [0, 0.1) is 0 Å². The number of piperazine rings is 1. The number of hydrogen-bond acceptors (Lipinski definition) is 5. The summed E-state index contributed by atoms with van der Waals surface area (Å²) in [5, 5.41) is 3.77. The van der Waals surface area contributed by atoms with Crippen LogP contribution >= 0.6 is 11.6 Å². The van der Waals surface area contributed by atoms with Gasteiger partial charge in [0.05, 0.1) is 12.8 Å². The van der Waals surface area contributed by atoms with Crippen molar-refractivity contribution in [3.8, 4) is 5.75 Å². The summed E-state index contributed by atoms with van der Waals surface area (Å²) in [6, 6.07) is 8.81. The molecule has 1 aromatic carbocycles. The summed E-state index contributed by atoms with van der Waals surface area (Å²) in [6.45, 7) is 6.49. The summed E-state index contributed by atoms with van der Waals surface area (Å²) in [4.78, 5) is 21.3. The Labute approximate surface area is 158 Å². The first-order chi connectivity index (χ1) is 12.6. The molecule has 6 nitrogen and oxygen atoms in total. The van der Waals surface area contributed by atoms with E-state index in [0.29, 0.717) is 27.8 Å². The highest BCUT2D eigenvalue weighted by Gasteiger charge is 2.21. The van der Waals surface area contributed by atoms with E-state index in [1.165, 1.54) is 0 Å². The molecule has 0 aliphatic carbocycles. The number of nitrogens with one attached hydrogen (secondary N) is 1. The Morgan fingerprint density at radius 1 is 1.23 bits per heavy atom. The van der Waals surface area contributed by atoms with Gasteiger partial charge in [-0.3, -0.25) is 4.79 Å². The molecular weight excluding hydrogens is 352 g/mol. The molecule has 0 unspecified atom stereocenters. The third kappa shape index (κ3) is 4.26. The van der Waals surface area contributed by atoms with Crippen molar-refractivity contribution in [3.63, 3.8) is 0 Å². The first kappa shape index (κ1) is 18.5. The minimum atomic E-state index is 0.0317. The third-order valence-corrected chi connectivity index (χ3v) is 4.77. The number of hydrogen-bond donors (Lipinski definition) is 1. The monoisotopic (exact) mass is 374 g/mol. The highest BCUT2D eigenvalue weighted by Crippen LogP contribution is 2.30. The number of pyridine rings is 1. The van der Waals surface area contributed by atoms with Gasteiger partial charge in [-0.15, -0.1) is 0 Å². The third-order valence-electron chi connectivity index (χ3n) is 4.54. The van der Waals surface area contributed by atoms with Crippen LogP contribution in [0.5, 0.6) is 5.75 Å². The van der Waals surface area contributed by atoms with Gasteiger partial charge >= 0.3 is 0 Å². The molecule has 1 aromatic heterocycles. The SMILES string of the molecule is CCN1CCN(C(=O)c2ccnc(Nc3cc(Cl)ccc3OC)c2)CC1. The normalized spacial score (nSPS) is 15.0. The summed E-state index contributed by atoms with van der Waals surface area (Å²) in [5.41, 5.74) is 1.32. The van der Waals surface area contributed by atoms with Crippen molar-refractivity contribution in [2.45, 2.75) is 6.92 Å². The molecule has 1 saturated heterocycles. The number of methoxy groups -OCH3 is 1. The van der Waals surface area contributed by atoms with E-state index in [0.717, 1.165) is 32.7 Å². The van der Waals surface area contributed by atoms with Crippen molar-refractivity contribution in [1.29, 1.82) is 0 Å². The molecule has 0 bridgehead atoms. The Morgan fingerprint density at radius 3 is 2.69 bits per heavy atom. The number of benzene rings is 1. The van der Waals surface area contributed by atoms with Gasteiger partial charge in [0.1, 0.15) is 11.6 Å². The number of amides is 1. The Hall–Kier alpha value is -2.31. The molecule has 7 heteroatoms. The minimum Gasteiger partial charge on any atom is -0.495 e. The number of aromatic nitrogens is 1. The summed E-state index contributed by atoms with van der Waals surface area (Å²) in [5.74, 6) is 1.26. The Bertz CT molecular complexity index is 776. The van der Waals surface area contributed by atoms with Gasteiger partial charge < -0.3 is 19.9 Å². The van der Waals surface area contributed by atoms with E-state index in [4.69, 9.17) is 16.3 Å². The van der Waals surface area contributed by atoms with Crippen LogP contribution in [0.4, 0.5) is 11.5 Å². The maximum atomic E-state index is 12.8. The lowest BCUT2D eigenvalue weighted by Crippen LogP contribution is -2.48. The van der Waals surface area contributed by atoms with Crippen molar-refractivity contribution in [1.82, 2.24) is 14.8 Å². The van der Waals surface area contributed by atoms with E-state index >= 15 is 0 Å². The number of nitrogens with zero attached hydrogens (tertiary/aromatic N) is 3. The fourth-order valence-corrected chi connectivity index (χ4v) is 3.17. The lowest BCUT2D eigenvalue weighted by molar-refractivity contribution is 0.0643. The molecular formula is C19H23ClN4O2. The average molecular weight is 375 g/mol. The first-order valence-electron chi connectivity index (χ1n) is 8.69. The Kier molecular flexibility index (Phi) is 5.96. The topological polar surface area (TPSA) is 57.7 Å². The molecule has 2 aromatic rings. The fraction of sp³-hybridized carbons (Fsp3) is 0.368. The van der Waals surface area contributed by atoms with E-state index < -0.39 is 0 Å². The lowest BCUT2D eigenvalue weighted by Gasteiger charge is -2.34. The van der Waals surface area contributed by atoms with Gasteiger partial charge in [-0.2, -0.15) is 0 Å². The maximum absolute atomic E-state index is 12.8. The second-order valence-electron chi connectivity index (χ2n) is 6.13. The Morgan fingerprint density at radius 2 is 2.00 bits per heavy atom. The molecule has 1 aliphatic rings. The van der Waals surface area contributed by atoms with Crippen LogP contribution in [-0.4, -0.2) is 60.5 Å². The molecule has 2 heterocycles. The summed E-state index contributed by atoms with van der Waals surface area (Å²) >= 11 is 6.07. The van der Waals surface area contributed by atoms with Gasteiger partial charge in [-0.05, 0) is 36.9 Å². The highest BCUT2D eigenvalue weighted by molar-refractivity contribution is 6.31. The zero-order chi connectivity index (χ0) is 18.5. The van der Waals surface area contributed by atoms with Crippen LogP contribution < -0.4 is 10.1 Å². The lowest BCUT2D eigenvalue weighted by atomic mass is 10.2. The zero-order valence-electron chi connectivity index (χ0n) is 15.0. The molecule has 3 rings (SSSR count). The number of anilines is 2. The van der Waals surface area contributed by atoms with E-state index in [-0.39, 0.29) is 5.91 Å². The number of carbonyl (C=O) groups is 1. The summed E-state index contributed by atoms with van der Waals surface area (Å²) < 4.78 is 5.34. The van der Waals surface area contributed by atoms with Crippen LogP contribution in [0.3, 0.4) is 0 Å².